The summed E-state index contributed by atoms with van der Waals surface area (Å²) < 4.78 is 9.13. The van der Waals surface area contributed by atoms with Crippen molar-refractivity contribution in [3.05, 3.63) is 0 Å². The molecule has 0 aliphatic rings. The molecule has 0 aromatic heterocycles. The van der Waals surface area contributed by atoms with Gasteiger partial charge in [0.15, 0.2) is 0 Å². The van der Waals surface area contributed by atoms with E-state index in [9.17, 15) is 14.4 Å². The molecule has 0 saturated carbocycles. The summed E-state index contributed by atoms with van der Waals surface area (Å²) in [5.41, 5.74) is 0. The van der Waals surface area contributed by atoms with E-state index in [-0.39, 0.29) is 25.0 Å². The predicted molar refractivity (Wildman–Crippen MR) is 59.1 cm³/mol. The van der Waals surface area contributed by atoms with Crippen LogP contribution in [0.4, 0.5) is 4.79 Å². The Labute approximate surface area is 98.3 Å². The smallest absolute Gasteiger partial charge is 0.386 e. The Balaban J connectivity index is 3.82. The highest BCUT2D eigenvalue weighted by Gasteiger charge is 2.21. The lowest BCUT2D eigenvalue weighted by Crippen LogP contribution is -2.23. The maximum absolute atomic E-state index is 11.1. The first-order valence-corrected chi connectivity index (χ1v) is 5.49. The molecule has 0 unspecified atom stereocenters. The normalized spacial score (nSPS) is 10.0. The average molecular weight is 249 g/mol. The number of nitrogens with zero attached hydrogens (tertiary/aromatic N) is 1. The minimum absolute atomic E-state index is 0.112. The summed E-state index contributed by atoms with van der Waals surface area (Å²) in [6.45, 7) is 2.40. The van der Waals surface area contributed by atoms with Gasteiger partial charge >= 0.3 is 16.4 Å². The summed E-state index contributed by atoms with van der Waals surface area (Å²) in [6.07, 6.45) is 0. The van der Waals surface area contributed by atoms with Crippen LogP contribution in [-0.4, -0.2) is 55.1 Å². The van der Waals surface area contributed by atoms with Crippen LogP contribution in [0.15, 0.2) is 0 Å². The van der Waals surface area contributed by atoms with Gasteiger partial charge in [0.25, 0.3) is 0 Å². The van der Waals surface area contributed by atoms with Crippen LogP contribution in [0, 0.1) is 0 Å². The van der Waals surface area contributed by atoms with E-state index in [1.165, 1.54) is 0 Å². The number of hydrogen-bond acceptors (Lipinski definition) is 7. The van der Waals surface area contributed by atoms with Crippen LogP contribution in [0.5, 0.6) is 0 Å². The first kappa shape index (κ1) is 14.9. The van der Waals surface area contributed by atoms with Crippen molar-refractivity contribution in [2.24, 2.45) is 0 Å². The van der Waals surface area contributed by atoms with Crippen LogP contribution in [0.1, 0.15) is 6.92 Å². The van der Waals surface area contributed by atoms with E-state index >= 15 is 0 Å². The molecule has 0 saturated heterocycles. The molecule has 7 heteroatoms. The van der Waals surface area contributed by atoms with Gasteiger partial charge in [-0.2, -0.15) is 0 Å². The van der Waals surface area contributed by atoms with Gasteiger partial charge < -0.3 is 14.4 Å². The van der Waals surface area contributed by atoms with Gasteiger partial charge in [-0.05, 0) is 21.0 Å². The summed E-state index contributed by atoms with van der Waals surface area (Å²) in [5, 5.41) is -1.76. The second-order valence-corrected chi connectivity index (χ2v) is 3.92. The summed E-state index contributed by atoms with van der Waals surface area (Å²) in [4.78, 5) is 34.8. The molecule has 0 atom stereocenters. The van der Waals surface area contributed by atoms with Crippen LogP contribution < -0.4 is 0 Å². The zero-order chi connectivity index (χ0) is 12.6. The average Bonchev–Trinajstić information content (AvgIpc) is 2.17. The molecular weight excluding hydrogens is 234 g/mol. The van der Waals surface area contributed by atoms with Crippen molar-refractivity contribution in [3.63, 3.8) is 0 Å². The van der Waals surface area contributed by atoms with E-state index in [0.717, 1.165) is 0 Å². The summed E-state index contributed by atoms with van der Waals surface area (Å²) >= 11 is 0.203. The van der Waals surface area contributed by atoms with Crippen LogP contribution in [0.25, 0.3) is 0 Å². The second-order valence-electron chi connectivity index (χ2n) is 3.01. The van der Waals surface area contributed by atoms with Gasteiger partial charge in [0, 0.05) is 18.3 Å². The monoisotopic (exact) mass is 249 g/mol. The van der Waals surface area contributed by atoms with Gasteiger partial charge in [-0.25, -0.2) is 9.59 Å². The maximum atomic E-state index is 11.1. The Morgan fingerprint density at radius 3 is 2.31 bits per heavy atom. The summed E-state index contributed by atoms with van der Waals surface area (Å²) in [6, 6.07) is 0. The molecule has 6 nitrogen and oxygen atoms in total. The molecule has 0 rings (SSSR count). The number of likely N-dealkylation sites (N-methyl/N-ethyl adjacent to an activating group) is 1. The zero-order valence-corrected chi connectivity index (χ0v) is 10.3. The summed E-state index contributed by atoms with van der Waals surface area (Å²) in [7, 11) is 3.62. The highest BCUT2D eigenvalue weighted by atomic mass is 32.2. The number of carbonyl (C=O) groups excluding carboxylic acids is 3. The SMILES string of the molecule is CCOC(=O)SC(=O)C(=O)OCCN(C)C. The lowest BCUT2D eigenvalue weighted by Gasteiger charge is -2.08. The Hall–Kier alpha value is -1.08. The summed E-state index contributed by atoms with van der Waals surface area (Å²) in [5.74, 6) is -1.03. The highest BCUT2D eigenvalue weighted by molar-refractivity contribution is 8.27. The van der Waals surface area contributed by atoms with Gasteiger partial charge in [-0.15, -0.1) is 0 Å². The minimum atomic E-state index is -1.03. The molecule has 92 valence electrons. The molecule has 0 heterocycles. The molecule has 0 aliphatic heterocycles. The van der Waals surface area contributed by atoms with Crippen molar-refractivity contribution in [3.8, 4) is 0 Å². The first-order chi connectivity index (χ1) is 7.47. The van der Waals surface area contributed by atoms with Gasteiger partial charge in [0.2, 0.25) is 0 Å². The van der Waals surface area contributed by atoms with Crippen LogP contribution in [0.2, 0.25) is 0 Å². The topological polar surface area (TPSA) is 72.9 Å². The first-order valence-electron chi connectivity index (χ1n) is 4.67. The second kappa shape index (κ2) is 8.12. The third kappa shape index (κ3) is 7.24. The number of ether oxygens (including phenoxy) is 2. The number of hydrogen-bond donors (Lipinski definition) is 0. The fourth-order valence-electron chi connectivity index (χ4n) is 0.645. The Kier molecular flexibility index (Phi) is 7.57. The number of thioether (sulfide) groups is 1. The third-order valence-corrected chi connectivity index (χ3v) is 2.01. The van der Waals surface area contributed by atoms with E-state index in [1.54, 1.807) is 11.8 Å². The van der Waals surface area contributed by atoms with Gasteiger partial charge in [-0.3, -0.25) is 4.79 Å². The zero-order valence-electron chi connectivity index (χ0n) is 9.52. The molecule has 0 N–H and O–H groups in total. The fraction of sp³-hybridized carbons (Fsp3) is 0.667. The van der Waals surface area contributed by atoms with Crippen molar-refractivity contribution >= 4 is 28.1 Å². The maximum Gasteiger partial charge on any atom is 0.386 e. The van der Waals surface area contributed by atoms with E-state index in [4.69, 9.17) is 0 Å². The molecule has 0 bridgehead atoms. The largest absolute Gasteiger partial charge is 0.458 e. The van der Waals surface area contributed by atoms with Crippen molar-refractivity contribution < 1.29 is 23.9 Å². The minimum Gasteiger partial charge on any atom is -0.458 e. The van der Waals surface area contributed by atoms with Crippen LogP contribution in [-0.2, 0) is 19.1 Å². The molecule has 0 aromatic rings. The van der Waals surface area contributed by atoms with Crippen molar-refractivity contribution in [1.29, 1.82) is 0 Å². The number of carbonyl (C=O) groups is 3. The third-order valence-electron chi connectivity index (χ3n) is 1.38. The lowest BCUT2D eigenvalue weighted by molar-refractivity contribution is -0.150. The van der Waals surface area contributed by atoms with Gasteiger partial charge in [0.1, 0.15) is 6.61 Å². The van der Waals surface area contributed by atoms with Crippen molar-refractivity contribution in [1.82, 2.24) is 4.90 Å². The molecule has 16 heavy (non-hydrogen) atoms. The predicted octanol–water partition coefficient (Wildman–Crippen LogP) is 0.508. The molecule has 0 amide bonds. The fourth-order valence-corrected chi connectivity index (χ4v) is 1.11. The molecule has 0 aliphatic carbocycles. The number of esters is 1. The molecular formula is C9H15NO5S. The molecule has 0 spiro atoms. The van der Waals surface area contributed by atoms with Crippen LogP contribution in [0.3, 0.4) is 0 Å². The van der Waals surface area contributed by atoms with Gasteiger partial charge in [0.05, 0.1) is 6.61 Å². The standard InChI is InChI=1S/C9H15NO5S/c1-4-14-9(13)16-8(12)7(11)15-6-5-10(2)3/h4-6H2,1-3H3. The Morgan fingerprint density at radius 1 is 1.19 bits per heavy atom. The highest BCUT2D eigenvalue weighted by Crippen LogP contribution is 2.07. The van der Waals surface area contributed by atoms with Crippen LogP contribution >= 0.6 is 11.8 Å². The van der Waals surface area contributed by atoms with Gasteiger partial charge in [-0.1, -0.05) is 0 Å². The van der Waals surface area contributed by atoms with E-state index < -0.39 is 16.4 Å². The molecule has 0 radical (unpaired) electrons. The Bertz CT molecular complexity index is 267. The van der Waals surface area contributed by atoms with E-state index in [1.807, 2.05) is 14.1 Å². The molecule has 0 fully saturated rings. The molecule has 0 aromatic carbocycles. The number of rotatable bonds is 4. The lowest BCUT2D eigenvalue weighted by atomic mass is 10.6. The van der Waals surface area contributed by atoms with E-state index in [0.29, 0.717) is 6.54 Å². The Morgan fingerprint density at radius 2 is 1.81 bits per heavy atom. The van der Waals surface area contributed by atoms with E-state index in [2.05, 4.69) is 9.47 Å². The van der Waals surface area contributed by atoms with Crippen molar-refractivity contribution in [2.45, 2.75) is 6.92 Å². The quantitative estimate of drug-likeness (QED) is 0.531. The van der Waals surface area contributed by atoms with Crippen molar-refractivity contribution in [2.75, 3.05) is 33.9 Å².